The van der Waals surface area contributed by atoms with Crippen molar-refractivity contribution in [3.63, 3.8) is 0 Å². The van der Waals surface area contributed by atoms with Crippen LogP contribution in [0.1, 0.15) is 43.7 Å². The summed E-state index contributed by atoms with van der Waals surface area (Å²) in [5.41, 5.74) is 1.89. The van der Waals surface area contributed by atoms with Gasteiger partial charge >= 0.3 is 6.03 Å². The number of rotatable bonds is 4. The summed E-state index contributed by atoms with van der Waals surface area (Å²) in [5, 5.41) is 6.24. The number of halogens is 2. The van der Waals surface area contributed by atoms with Crippen LogP contribution in [0, 0.1) is 17.8 Å². The summed E-state index contributed by atoms with van der Waals surface area (Å²) in [6, 6.07) is 19.5. The van der Waals surface area contributed by atoms with Gasteiger partial charge in [-0.05, 0) is 61.6 Å². The maximum atomic E-state index is 12.9. The molecule has 5 heteroatoms. The minimum Gasteiger partial charge on any atom is -0.331 e. The zero-order valence-electron chi connectivity index (χ0n) is 16.3. The lowest BCUT2D eigenvalue weighted by atomic mass is 9.49. The van der Waals surface area contributed by atoms with E-state index in [-0.39, 0.29) is 27.7 Å². The molecular weight excluding hydrogens is 403 g/mol. The SMILES string of the molecule is O=C(Nc1ccccc1)N[C@@H](c1ccccc1)[C@H]1C2CC3C[C@](Cl)(C2)C[C@@]1(Cl)C3. The summed E-state index contributed by atoms with van der Waals surface area (Å²) in [5.74, 6) is 1.23. The van der Waals surface area contributed by atoms with Crippen LogP contribution in [0.2, 0.25) is 0 Å². The number of benzene rings is 2. The molecule has 0 aromatic heterocycles. The largest absolute Gasteiger partial charge is 0.331 e. The van der Waals surface area contributed by atoms with Crippen molar-refractivity contribution in [2.45, 2.75) is 47.9 Å². The first-order valence-electron chi connectivity index (χ1n) is 10.5. The Morgan fingerprint density at radius 3 is 2.31 bits per heavy atom. The number of amides is 2. The van der Waals surface area contributed by atoms with Gasteiger partial charge in [0.1, 0.15) is 0 Å². The van der Waals surface area contributed by atoms with Gasteiger partial charge in [-0.2, -0.15) is 0 Å². The standard InChI is InChI=1S/C24H26Cl2N2O/c25-23-12-16-11-18(14-23)20(24(26,13-16)15-23)21(17-7-3-1-4-8-17)28-22(29)27-19-9-5-2-6-10-19/h1-10,16,18,20-21H,11-15H2,(H2,27,28,29)/t16?,18?,20-,21+,23+,24+/m1/s1. The highest BCUT2D eigenvalue weighted by atomic mass is 35.5. The molecule has 6 rings (SSSR count). The lowest BCUT2D eigenvalue weighted by Crippen LogP contribution is -2.62. The molecule has 2 amide bonds. The van der Waals surface area contributed by atoms with Crippen molar-refractivity contribution in [1.82, 2.24) is 5.32 Å². The normalized spacial score (nSPS) is 35.9. The van der Waals surface area contributed by atoms with E-state index < -0.39 is 0 Å². The van der Waals surface area contributed by atoms with Crippen LogP contribution >= 0.6 is 23.2 Å². The zero-order valence-corrected chi connectivity index (χ0v) is 17.8. The van der Waals surface area contributed by atoms with Gasteiger partial charge in [0.25, 0.3) is 0 Å². The van der Waals surface area contributed by atoms with E-state index in [0.29, 0.717) is 11.8 Å². The molecule has 4 bridgehead atoms. The number of alkyl halides is 2. The van der Waals surface area contributed by atoms with Crippen molar-refractivity contribution in [2.24, 2.45) is 17.8 Å². The van der Waals surface area contributed by atoms with Crippen LogP contribution in [0.25, 0.3) is 0 Å². The zero-order chi connectivity index (χ0) is 20.1. The number of para-hydroxylation sites is 1. The first kappa shape index (κ1) is 19.3. The Morgan fingerprint density at radius 1 is 0.966 bits per heavy atom. The second kappa shape index (κ2) is 7.21. The quantitative estimate of drug-likeness (QED) is 0.547. The molecule has 4 aliphatic carbocycles. The predicted octanol–water partition coefficient (Wildman–Crippen LogP) is 6.34. The number of anilines is 1. The number of carbonyl (C=O) groups is 1. The molecule has 4 saturated carbocycles. The molecule has 2 aromatic carbocycles. The molecule has 0 radical (unpaired) electrons. The number of nitrogens with one attached hydrogen (secondary N) is 2. The van der Waals surface area contributed by atoms with Crippen LogP contribution in [0.5, 0.6) is 0 Å². The second-order valence-electron chi connectivity index (χ2n) is 9.22. The monoisotopic (exact) mass is 428 g/mol. The minimum atomic E-state index is -0.355. The molecule has 6 atom stereocenters. The topological polar surface area (TPSA) is 41.1 Å². The van der Waals surface area contributed by atoms with Crippen LogP contribution in [0.15, 0.2) is 60.7 Å². The van der Waals surface area contributed by atoms with E-state index in [2.05, 4.69) is 22.8 Å². The highest BCUT2D eigenvalue weighted by Crippen LogP contribution is 2.66. The molecule has 4 fully saturated rings. The molecule has 2 unspecified atom stereocenters. The summed E-state index contributed by atoms with van der Waals surface area (Å²) in [7, 11) is 0. The fourth-order valence-electron chi connectivity index (χ4n) is 6.44. The van der Waals surface area contributed by atoms with Gasteiger partial charge in [-0.3, -0.25) is 0 Å². The predicted molar refractivity (Wildman–Crippen MR) is 119 cm³/mol. The Balaban J connectivity index is 1.45. The number of hydrogen-bond donors (Lipinski definition) is 2. The van der Waals surface area contributed by atoms with Gasteiger partial charge < -0.3 is 10.6 Å². The van der Waals surface area contributed by atoms with E-state index >= 15 is 0 Å². The van der Waals surface area contributed by atoms with E-state index in [9.17, 15) is 4.79 Å². The van der Waals surface area contributed by atoms with Gasteiger partial charge in [-0.1, -0.05) is 48.5 Å². The van der Waals surface area contributed by atoms with E-state index in [1.54, 1.807) is 0 Å². The number of carbonyl (C=O) groups excluding carboxylic acids is 1. The average Bonchev–Trinajstić information content (AvgIpc) is 2.66. The Labute approximate surface area is 182 Å². The van der Waals surface area contributed by atoms with Crippen molar-refractivity contribution >= 4 is 34.9 Å². The first-order valence-corrected chi connectivity index (χ1v) is 11.3. The van der Waals surface area contributed by atoms with Crippen molar-refractivity contribution < 1.29 is 4.79 Å². The van der Waals surface area contributed by atoms with Gasteiger partial charge in [0, 0.05) is 16.5 Å². The Kier molecular flexibility index (Phi) is 4.79. The van der Waals surface area contributed by atoms with Crippen LogP contribution < -0.4 is 10.6 Å². The molecule has 0 spiro atoms. The van der Waals surface area contributed by atoms with Gasteiger partial charge in [-0.15, -0.1) is 23.2 Å². The second-order valence-corrected chi connectivity index (χ2v) is 10.8. The van der Waals surface area contributed by atoms with Crippen molar-refractivity contribution in [3.05, 3.63) is 66.2 Å². The molecule has 0 heterocycles. The van der Waals surface area contributed by atoms with Crippen molar-refractivity contribution in [2.75, 3.05) is 5.32 Å². The van der Waals surface area contributed by atoms with E-state index in [4.69, 9.17) is 23.2 Å². The third-order valence-electron chi connectivity index (χ3n) is 7.10. The average molecular weight is 429 g/mol. The van der Waals surface area contributed by atoms with Crippen molar-refractivity contribution in [1.29, 1.82) is 0 Å². The molecule has 0 saturated heterocycles. The van der Waals surface area contributed by atoms with Crippen LogP contribution in [-0.2, 0) is 0 Å². The summed E-state index contributed by atoms with van der Waals surface area (Å²) < 4.78 is 0. The summed E-state index contributed by atoms with van der Waals surface area (Å²) >= 11 is 14.3. The van der Waals surface area contributed by atoms with Gasteiger partial charge in [0.15, 0.2) is 0 Å². The first-order chi connectivity index (χ1) is 13.9. The fourth-order valence-corrected chi connectivity index (χ4v) is 7.94. The third kappa shape index (κ3) is 3.64. The fraction of sp³-hybridized carbons (Fsp3) is 0.458. The third-order valence-corrected chi connectivity index (χ3v) is 8.08. The van der Waals surface area contributed by atoms with Gasteiger partial charge in [-0.25, -0.2) is 4.79 Å². The Morgan fingerprint density at radius 2 is 1.66 bits per heavy atom. The number of urea groups is 1. The lowest BCUT2D eigenvalue weighted by Gasteiger charge is -2.63. The smallest absolute Gasteiger partial charge is 0.319 e. The summed E-state index contributed by atoms with van der Waals surface area (Å²) in [6.45, 7) is 0. The molecule has 2 aromatic rings. The van der Waals surface area contributed by atoms with Gasteiger partial charge in [0.05, 0.1) is 10.9 Å². The molecule has 4 aliphatic rings. The maximum absolute atomic E-state index is 12.9. The van der Waals surface area contributed by atoms with Crippen LogP contribution in [0.3, 0.4) is 0 Å². The van der Waals surface area contributed by atoms with E-state index in [1.165, 1.54) is 6.42 Å². The maximum Gasteiger partial charge on any atom is 0.319 e. The van der Waals surface area contributed by atoms with E-state index in [1.807, 2.05) is 48.5 Å². The lowest BCUT2D eigenvalue weighted by molar-refractivity contribution is -0.0226. The van der Waals surface area contributed by atoms with Crippen molar-refractivity contribution in [3.8, 4) is 0 Å². The molecule has 152 valence electrons. The molecular formula is C24H26Cl2N2O. The summed E-state index contributed by atoms with van der Waals surface area (Å²) in [6.07, 6.45) is 5.07. The van der Waals surface area contributed by atoms with E-state index in [0.717, 1.165) is 36.9 Å². The van der Waals surface area contributed by atoms with Crippen LogP contribution in [0.4, 0.5) is 10.5 Å². The number of hydrogen-bond acceptors (Lipinski definition) is 1. The highest BCUT2D eigenvalue weighted by Gasteiger charge is 2.63. The molecule has 29 heavy (non-hydrogen) atoms. The van der Waals surface area contributed by atoms with Crippen LogP contribution in [-0.4, -0.2) is 15.8 Å². The Bertz CT molecular complexity index is 892. The minimum absolute atomic E-state index is 0.136. The highest BCUT2D eigenvalue weighted by molar-refractivity contribution is 6.28. The summed E-state index contributed by atoms with van der Waals surface area (Å²) in [4.78, 5) is 12.4. The van der Waals surface area contributed by atoms with Gasteiger partial charge in [0.2, 0.25) is 0 Å². The Hall–Kier alpha value is -1.71. The molecule has 2 N–H and O–H groups in total. The molecule has 3 nitrogen and oxygen atoms in total. The molecule has 0 aliphatic heterocycles.